The van der Waals surface area contributed by atoms with Crippen molar-refractivity contribution in [1.29, 1.82) is 0 Å². The lowest BCUT2D eigenvalue weighted by Crippen LogP contribution is -2.32. The molecule has 0 rings (SSSR count). The molecule has 5 heteroatoms. The van der Waals surface area contributed by atoms with Crippen molar-refractivity contribution in [2.75, 3.05) is 33.9 Å². The van der Waals surface area contributed by atoms with Crippen LogP contribution < -0.4 is 0 Å². The third-order valence-electron chi connectivity index (χ3n) is 1.79. The molecule has 0 aromatic heterocycles. The minimum atomic E-state index is -0.362. The van der Waals surface area contributed by atoms with E-state index in [1.165, 1.54) is 7.11 Å². The second-order valence-electron chi connectivity index (χ2n) is 3.32. The number of carbonyl (C=O) groups is 2. The molecule has 0 spiro atoms. The van der Waals surface area contributed by atoms with Gasteiger partial charge in [0.15, 0.2) is 0 Å². The highest BCUT2D eigenvalue weighted by atomic mass is 16.5. The van der Waals surface area contributed by atoms with Crippen molar-refractivity contribution in [3.8, 4) is 0 Å². The van der Waals surface area contributed by atoms with Gasteiger partial charge in [-0.3, -0.25) is 14.5 Å². The van der Waals surface area contributed by atoms with Crippen LogP contribution in [0.4, 0.5) is 0 Å². The maximum absolute atomic E-state index is 11.2. The van der Waals surface area contributed by atoms with Gasteiger partial charge in [-0.15, -0.1) is 0 Å². The first kappa shape index (κ1) is 13.9. The van der Waals surface area contributed by atoms with Gasteiger partial charge in [-0.25, -0.2) is 0 Å². The highest BCUT2D eigenvalue weighted by Gasteiger charge is 2.11. The van der Waals surface area contributed by atoms with E-state index in [1.54, 1.807) is 11.9 Å². The molecule has 0 saturated carbocycles. The van der Waals surface area contributed by atoms with E-state index in [-0.39, 0.29) is 25.0 Å². The molecule has 0 amide bonds. The van der Waals surface area contributed by atoms with Gasteiger partial charge in [0.05, 0.1) is 26.8 Å². The van der Waals surface area contributed by atoms with E-state index < -0.39 is 0 Å². The molecule has 0 atom stereocenters. The lowest BCUT2D eigenvalue weighted by atomic mass is 10.4. The number of methoxy groups -OCH3 is 1. The SMILES string of the molecule is CCCCOC(=O)CN(C)CC(=O)OC. The standard InChI is InChI=1S/C10H19NO4/c1-4-5-6-15-10(13)8-11(2)7-9(12)14-3/h4-8H2,1-3H3. The quantitative estimate of drug-likeness (QED) is 0.457. The molecule has 0 radical (unpaired) electrons. The van der Waals surface area contributed by atoms with Gasteiger partial charge in [0.25, 0.3) is 0 Å². The zero-order chi connectivity index (χ0) is 11.7. The summed E-state index contributed by atoms with van der Waals surface area (Å²) in [7, 11) is 2.98. The Labute approximate surface area is 90.3 Å². The first-order valence-electron chi connectivity index (χ1n) is 5.01. The maximum atomic E-state index is 11.2. The van der Waals surface area contributed by atoms with E-state index >= 15 is 0 Å². The lowest BCUT2D eigenvalue weighted by molar-refractivity contribution is -0.146. The van der Waals surface area contributed by atoms with Crippen LogP contribution in [0.3, 0.4) is 0 Å². The zero-order valence-electron chi connectivity index (χ0n) is 9.62. The number of unbranched alkanes of at least 4 members (excludes halogenated alkanes) is 1. The number of ether oxygens (including phenoxy) is 2. The van der Waals surface area contributed by atoms with Crippen molar-refractivity contribution in [2.45, 2.75) is 19.8 Å². The molecule has 88 valence electrons. The number of hydrogen-bond acceptors (Lipinski definition) is 5. The Morgan fingerprint density at radius 1 is 1.20 bits per heavy atom. The normalized spacial score (nSPS) is 10.1. The van der Waals surface area contributed by atoms with E-state index in [1.807, 2.05) is 6.92 Å². The Morgan fingerprint density at radius 2 is 1.80 bits per heavy atom. The molecular formula is C10H19NO4. The third-order valence-corrected chi connectivity index (χ3v) is 1.79. The summed E-state index contributed by atoms with van der Waals surface area (Å²) in [6.45, 7) is 2.68. The fourth-order valence-electron chi connectivity index (χ4n) is 0.937. The summed E-state index contributed by atoms with van der Waals surface area (Å²) in [4.78, 5) is 23.6. The monoisotopic (exact) mass is 217 g/mol. The van der Waals surface area contributed by atoms with Crippen LogP contribution in [0.2, 0.25) is 0 Å². The van der Waals surface area contributed by atoms with Crippen LogP contribution in [0, 0.1) is 0 Å². The van der Waals surface area contributed by atoms with Crippen molar-refractivity contribution in [2.24, 2.45) is 0 Å². The first-order valence-corrected chi connectivity index (χ1v) is 5.01. The molecule has 0 N–H and O–H groups in total. The molecule has 0 aliphatic carbocycles. The van der Waals surface area contributed by atoms with Crippen molar-refractivity contribution >= 4 is 11.9 Å². The van der Waals surface area contributed by atoms with Crippen LogP contribution in [0.1, 0.15) is 19.8 Å². The predicted octanol–water partition coefficient (Wildman–Crippen LogP) is 0.434. The predicted molar refractivity (Wildman–Crippen MR) is 55.4 cm³/mol. The van der Waals surface area contributed by atoms with Crippen molar-refractivity contribution in [1.82, 2.24) is 4.90 Å². The largest absolute Gasteiger partial charge is 0.468 e. The molecule has 15 heavy (non-hydrogen) atoms. The third kappa shape index (κ3) is 7.93. The molecule has 0 heterocycles. The minimum absolute atomic E-state index is 0.0966. The maximum Gasteiger partial charge on any atom is 0.320 e. The molecule has 0 fully saturated rings. The smallest absolute Gasteiger partial charge is 0.320 e. The van der Waals surface area contributed by atoms with Crippen LogP contribution >= 0.6 is 0 Å². The second kappa shape index (κ2) is 8.23. The summed E-state index contributed by atoms with van der Waals surface area (Å²) in [6, 6.07) is 0. The number of hydrogen-bond donors (Lipinski definition) is 0. The van der Waals surface area contributed by atoms with Crippen LogP contribution in [-0.2, 0) is 19.1 Å². The average Bonchev–Trinajstić information content (AvgIpc) is 2.17. The summed E-state index contributed by atoms with van der Waals surface area (Å²) in [5.41, 5.74) is 0. The molecule has 0 unspecified atom stereocenters. The van der Waals surface area contributed by atoms with Crippen LogP contribution in [-0.4, -0.2) is 50.7 Å². The Kier molecular flexibility index (Phi) is 7.62. The van der Waals surface area contributed by atoms with E-state index in [0.29, 0.717) is 6.61 Å². The van der Waals surface area contributed by atoms with E-state index in [4.69, 9.17) is 4.74 Å². The van der Waals surface area contributed by atoms with Crippen molar-refractivity contribution < 1.29 is 19.1 Å². The minimum Gasteiger partial charge on any atom is -0.468 e. The summed E-state index contributed by atoms with van der Waals surface area (Å²) >= 11 is 0. The molecule has 0 aromatic rings. The Bertz CT molecular complexity index is 206. The average molecular weight is 217 g/mol. The fraction of sp³-hybridized carbons (Fsp3) is 0.800. The zero-order valence-corrected chi connectivity index (χ0v) is 9.62. The molecule has 0 bridgehead atoms. The second-order valence-corrected chi connectivity index (χ2v) is 3.32. The Hall–Kier alpha value is -1.10. The van der Waals surface area contributed by atoms with Gasteiger partial charge < -0.3 is 9.47 Å². The van der Waals surface area contributed by atoms with Gasteiger partial charge in [-0.05, 0) is 13.5 Å². The Balaban J connectivity index is 3.62. The van der Waals surface area contributed by atoms with Crippen molar-refractivity contribution in [3.05, 3.63) is 0 Å². The molecule has 0 saturated heterocycles. The van der Waals surface area contributed by atoms with E-state index in [0.717, 1.165) is 12.8 Å². The van der Waals surface area contributed by atoms with Gasteiger partial charge in [0.1, 0.15) is 0 Å². The molecular weight excluding hydrogens is 198 g/mol. The number of nitrogens with zero attached hydrogens (tertiary/aromatic N) is 1. The van der Waals surface area contributed by atoms with Crippen LogP contribution in [0.5, 0.6) is 0 Å². The number of rotatable bonds is 7. The molecule has 5 nitrogen and oxygen atoms in total. The summed E-state index contributed by atoms with van der Waals surface area (Å²) in [6.07, 6.45) is 1.86. The number of esters is 2. The van der Waals surface area contributed by atoms with Gasteiger partial charge >= 0.3 is 11.9 Å². The van der Waals surface area contributed by atoms with Gasteiger partial charge in [-0.2, -0.15) is 0 Å². The fourth-order valence-corrected chi connectivity index (χ4v) is 0.937. The first-order chi connectivity index (χ1) is 7.10. The van der Waals surface area contributed by atoms with E-state index in [9.17, 15) is 9.59 Å². The summed E-state index contributed by atoms with van der Waals surface area (Å²) in [5, 5.41) is 0. The summed E-state index contributed by atoms with van der Waals surface area (Å²) < 4.78 is 9.40. The number of carbonyl (C=O) groups excluding carboxylic acids is 2. The lowest BCUT2D eigenvalue weighted by Gasteiger charge is -2.13. The van der Waals surface area contributed by atoms with Crippen LogP contribution in [0.15, 0.2) is 0 Å². The number of likely N-dealkylation sites (N-methyl/N-ethyl adjacent to an activating group) is 1. The van der Waals surface area contributed by atoms with Gasteiger partial charge in [0, 0.05) is 0 Å². The molecule has 0 aliphatic heterocycles. The Morgan fingerprint density at radius 3 is 2.33 bits per heavy atom. The van der Waals surface area contributed by atoms with Gasteiger partial charge in [0.2, 0.25) is 0 Å². The highest BCUT2D eigenvalue weighted by Crippen LogP contribution is 1.91. The van der Waals surface area contributed by atoms with E-state index in [2.05, 4.69) is 4.74 Å². The molecule has 0 aliphatic rings. The topological polar surface area (TPSA) is 55.8 Å². The highest BCUT2D eigenvalue weighted by molar-refractivity contribution is 5.74. The molecule has 0 aromatic carbocycles. The van der Waals surface area contributed by atoms with Gasteiger partial charge in [-0.1, -0.05) is 13.3 Å². The summed E-state index contributed by atoms with van der Waals surface area (Å²) in [5.74, 6) is -0.672. The van der Waals surface area contributed by atoms with Crippen LogP contribution in [0.25, 0.3) is 0 Å². The van der Waals surface area contributed by atoms with Crippen molar-refractivity contribution in [3.63, 3.8) is 0 Å².